The van der Waals surface area contributed by atoms with Crippen molar-refractivity contribution in [3.63, 3.8) is 0 Å². The smallest absolute Gasteiger partial charge is 0.118 e. The van der Waals surface area contributed by atoms with Gasteiger partial charge in [-0.3, -0.25) is 4.68 Å². The fourth-order valence-electron chi connectivity index (χ4n) is 2.13. The SMILES string of the molecule is COc1ccc(Cn2ncc3c(Br)cc(I)cc32)cc1. The first kappa shape index (κ1) is 13.9. The van der Waals surface area contributed by atoms with Crippen molar-refractivity contribution in [3.05, 3.63) is 56.2 Å². The third kappa shape index (κ3) is 2.69. The molecule has 20 heavy (non-hydrogen) atoms. The second kappa shape index (κ2) is 5.73. The van der Waals surface area contributed by atoms with Gasteiger partial charge in [-0.2, -0.15) is 5.10 Å². The molecule has 0 bridgehead atoms. The number of hydrogen-bond acceptors (Lipinski definition) is 2. The number of rotatable bonds is 3. The number of hydrogen-bond donors (Lipinski definition) is 0. The lowest BCUT2D eigenvalue weighted by atomic mass is 10.2. The van der Waals surface area contributed by atoms with Gasteiger partial charge in [0.2, 0.25) is 0 Å². The molecule has 1 aromatic heterocycles. The lowest BCUT2D eigenvalue weighted by Crippen LogP contribution is -2.01. The molecule has 1 heterocycles. The van der Waals surface area contributed by atoms with Crippen LogP contribution in [0.15, 0.2) is 47.1 Å². The summed E-state index contributed by atoms with van der Waals surface area (Å²) >= 11 is 5.91. The average molecular weight is 443 g/mol. The first-order chi connectivity index (χ1) is 9.67. The Morgan fingerprint density at radius 3 is 2.70 bits per heavy atom. The van der Waals surface area contributed by atoms with Crippen LogP contribution >= 0.6 is 38.5 Å². The van der Waals surface area contributed by atoms with Crippen LogP contribution in [-0.4, -0.2) is 16.9 Å². The molecule has 0 atom stereocenters. The molecule has 0 radical (unpaired) electrons. The zero-order chi connectivity index (χ0) is 14.1. The summed E-state index contributed by atoms with van der Waals surface area (Å²) in [4.78, 5) is 0. The Bertz CT molecular complexity index is 752. The van der Waals surface area contributed by atoms with Crippen molar-refractivity contribution in [1.29, 1.82) is 0 Å². The maximum atomic E-state index is 5.18. The minimum atomic E-state index is 0.750. The molecular weight excluding hydrogens is 431 g/mol. The zero-order valence-electron chi connectivity index (χ0n) is 10.8. The summed E-state index contributed by atoms with van der Waals surface area (Å²) in [7, 11) is 1.68. The molecule has 0 unspecified atom stereocenters. The predicted octanol–water partition coefficient (Wildman–Crippen LogP) is 4.46. The first-order valence-electron chi connectivity index (χ1n) is 6.11. The van der Waals surface area contributed by atoms with Gasteiger partial charge in [-0.25, -0.2) is 0 Å². The molecular formula is C15H12BrIN2O. The highest BCUT2D eigenvalue weighted by molar-refractivity contribution is 14.1. The number of halogens is 2. The van der Waals surface area contributed by atoms with Crippen LogP contribution in [0.2, 0.25) is 0 Å². The predicted molar refractivity (Wildman–Crippen MR) is 92.2 cm³/mol. The molecule has 102 valence electrons. The van der Waals surface area contributed by atoms with Crippen LogP contribution in [0.5, 0.6) is 5.75 Å². The third-order valence-corrected chi connectivity index (χ3v) is 4.45. The quantitative estimate of drug-likeness (QED) is 0.560. The van der Waals surface area contributed by atoms with Gasteiger partial charge in [0.05, 0.1) is 25.4 Å². The van der Waals surface area contributed by atoms with E-state index in [9.17, 15) is 0 Å². The van der Waals surface area contributed by atoms with Crippen molar-refractivity contribution in [2.24, 2.45) is 0 Å². The van der Waals surface area contributed by atoms with Gasteiger partial charge in [-0.15, -0.1) is 0 Å². The van der Waals surface area contributed by atoms with Gasteiger partial charge in [0.1, 0.15) is 5.75 Å². The summed E-state index contributed by atoms with van der Waals surface area (Å²) < 4.78 is 9.47. The van der Waals surface area contributed by atoms with E-state index in [0.29, 0.717) is 0 Å². The maximum Gasteiger partial charge on any atom is 0.118 e. The highest BCUT2D eigenvalue weighted by Crippen LogP contribution is 2.27. The Balaban J connectivity index is 1.97. The average Bonchev–Trinajstić information content (AvgIpc) is 2.83. The molecule has 0 aliphatic carbocycles. The normalized spacial score (nSPS) is 10.9. The number of nitrogens with zero attached hydrogens (tertiary/aromatic N) is 2. The van der Waals surface area contributed by atoms with E-state index in [1.807, 2.05) is 23.0 Å². The van der Waals surface area contributed by atoms with E-state index < -0.39 is 0 Å². The van der Waals surface area contributed by atoms with E-state index in [-0.39, 0.29) is 0 Å². The molecule has 0 saturated carbocycles. The fourth-order valence-corrected chi connectivity index (χ4v) is 3.72. The minimum absolute atomic E-state index is 0.750. The van der Waals surface area contributed by atoms with Crippen LogP contribution in [0.3, 0.4) is 0 Å². The monoisotopic (exact) mass is 442 g/mol. The summed E-state index contributed by atoms with van der Waals surface area (Å²) in [6, 6.07) is 12.3. The Morgan fingerprint density at radius 2 is 2.00 bits per heavy atom. The molecule has 3 nitrogen and oxygen atoms in total. The summed E-state index contributed by atoms with van der Waals surface area (Å²) in [6.45, 7) is 0.750. The van der Waals surface area contributed by atoms with Crippen molar-refractivity contribution in [1.82, 2.24) is 9.78 Å². The Labute approximate surface area is 139 Å². The van der Waals surface area contributed by atoms with E-state index >= 15 is 0 Å². The molecule has 0 fully saturated rings. The van der Waals surface area contributed by atoms with Crippen LogP contribution in [0.4, 0.5) is 0 Å². The van der Waals surface area contributed by atoms with Crippen LogP contribution in [-0.2, 0) is 6.54 Å². The minimum Gasteiger partial charge on any atom is -0.497 e. The van der Waals surface area contributed by atoms with Crippen molar-refractivity contribution in [2.75, 3.05) is 7.11 Å². The van der Waals surface area contributed by atoms with Gasteiger partial charge in [0.25, 0.3) is 0 Å². The zero-order valence-corrected chi connectivity index (χ0v) is 14.6. The van der Waals surface area contributed by atoms with E-state index in [2.05, 4.69) is 67.9 Å². The van der Waals surface area contributed by atoms with Crippen LogP contribution in [0, 0.1) is 3.57 Å². The van der Waals surface area contributed by atoms with Crippen LogP contribution < -0.4 is 4.74 Å². The summed E-state index contributed by atoms with van der Waals surface area (Å²) in [5.74, 6) is 0.872. The number of aromatic nitrogens is 2. The number of benzene rings is 2. The molecule has 3 rings (SSSR count). The van der Waals surface area contributed by atoms with Crippen LogP contribution in [0.1, 0.15) is 5.56 Å². The lowest BCUT2D eigenvalue weighted by molar-refractivity contribution is 0.414. The molecule has 0 saturated heterocycles. The lowest BCUT2D eigenvalue weighted by Gasteiger charge is -2.06. The van der Waals surface area contributed by atoms with Gasteiger partial charge in [0, 0.05) is 13.4 Å². The molecule has 0 aliphatic heterocycles. The van der Waals surface area contributed by atoms with Crippen molar-refractivity contribution < 1.29 is 4.74 Å². The van der Waals surface area contributed by atoms with Gasteiger partial charge in [0.15, 0.2) is 0 Å². The van der Waals surface area contributed by atoms with Gasteiger partial charge in [-0.1, -0.05) is 28.1 Å². The summed E-state index contributed by atoms with van der Waals surface area (Å²) in [6.07, 6.45) is 1.90. The highest BCUT2D eigenvalue weighted by Gasteiger charge is 2.08. The van der Waals surface area contributed by atoms with E-state index in [0.717, 1.165) is 27.7 Å². The number of ether oxygens (including phenoxy) is 1. The highest BCUT2D eigenvalue weighted by atomic mass is 127. The first-order valence-corrected chi connectivity index (χ1v) is 7.98. The Kier molecular flexibility index (Phi) is 3.98. The Morgan fingerprint density at radius 1 is 1.25 bits per heavy atom. The standard InChI is InChI=1S/C15H12BrIN2O/c1-20-12-4-2-10(3-5-12)9-19-15-7-11(17)6-14(16)13(15)8-18-19/h2-8H,9H2,1H3. The van der Waals surface area contributed by atoms with Crippen LogP contribution in [0.25, 0.3) is 10.9 Å². The maximum absolute atomic E-state index is 5.18. The van der Waals surface area contributed by atoms with E-state index in [1.54, 1.807) is 7.11 Å². The summed E-state index contributed by atoms with van der Waals surface area (Å²) in [5, 5.41) is 5.63. The van der Waals surface area contributed by atoms with Crippen molar-refractivity contribution in [2.45, 2.75) is 6.54 Å². The number of methoxy groups -OCH3 is 1. The van der Waals surface area contributed by atoms with Crippen molar-refractivity contribution in [3.8, 4) is 5.75 Å². The van der Waals surface area contributed by atoms with Gasteiger partial charge >= 0.3 is 0 Å². The second-order valence-electron chi connectivity index (χ2n) is 4.47. The largest absolute Gasteiger partial charge is 0.497 e. The molecule has 0 aliphatic rings. The number of fused-ring (bicyclic) bond motifs is 1. The molecule has 0 spiro atoms. The Hall–Kier alpha value is -1.08. The molecule has 0 amide bonds. The van der Waals surface area contributed by atoms with Gasteiger partial charge < -0.3 is 4.74 Å². The molecule has 3 aromatic rings. The second-order valence-corrected chi connectivity index (χ2v) is 6.57. The van der Waals surface area contributed by atoms with Crippen molar-refractivity contribution >= 4 is 49.4 Å². The fraction of sp³-hybridized carbons (Fsp3) is 0.133. The summed E-state index contributed by atoms with van der Waals surface area (Å²) in [5.41, 5.74) is 2.34. The van der Waals surface area contributed by atoms with E-state index in [1.165, 1.54) is 9.13 Å². The van der Waals surface area contributed by atoms with Gasteiger partial charge in [-0.05, 0) is 52.4 Å². The molecule has 2 aromatic carbocycles. The molecule has 0 N–H and O–H groups in total. The molecule has 5 heteroatoms. The topological polar surface area (TPSA) is 27.1 Å². The van der Waals surface area contributed by atoms with E-state index in [4.69, 9.17) is 4.74 Å². The third-order valence-electron chi connectivity index (χ3n) is 3.17.